The number of rotatable bonds is 3. The zero-order valence-corrected chi connectivity index (χ0v) is 17.8. The highest BCUT2D eigenvalue weighted by atomic mass is 19.4. The molecule has 11 heteroatoms. The number of alkyl halides is 3. The fraction of sp³-hybridized carbons (Fsp3) is 0.409. The highest BCUT2D eigenvalue weighted by Gasteiger charge is 2.31. The van der Waals surface area contributed by atoms with Crippen LogP contribution in [0.25, 0.3) is 0 Å². The summed E-state index contributed by atoms with van der Waals surface area (Å²) in [5.74, 6) is 0.275. The van der Waals surface area contributed by atoms with Crippen LogP contribution in [0.4, 0.5) is 29.5 Å². The number of anilines is 2. The first-order chi connectivity index (χ1) is 15.8. The van der Waals surface area contributed by atoms with Crippen molar-refractivity contribution in [1.29, 1.82) is 0 Å². The molecule has 1 N–H and O–H groups in total. The molecule has 3 heterocycles. The molecule has 0 unspecified atom stereocenters. The molecule has 0 saturated carbocycles. The van der Waals surface area contributed by atoms with Crippen molar-refractivity contribution in [2.24, 2.45) is 0 Å². The second-order valence-corrected chi connectivity index (χ2v) is 7.76. The van der Waals surface area contributed by atoms with Crippen LogP contribution < -0.4 is 10.2 Å². The average molecular weight is 463 g/mol. The minimum Gasteiger partial charge on any atom is -0.378 e. The Hall–Kier alpha value is -3.34. The quantitative estimate of drug-likeness (QED) is 0.758. The van der Waals surface area contributed by atoms with Gasteiger partial charge in [-0.25, -0.2) is 9.78 Å². The Morgan fingerprint density at radius 1 is 0.909 bits per heavy atom. The zero-order chi connectivity index (χ0) is 23.4. The van der Waals surface area contributed by atoms with E-state index in [0.29, 0.717) is 69.6 Å². The van der Waals surface area contributed by atoms with E-state index in [0.717, 1.165) is 12.3 Å². The lowest BCUT2D eigenvalue weighted by atomic mass is 10.1. The number of morpholine rings is 1. The van der Waals surface area contributed by atoms with Gasteiger partial charge in [-0.1, -0.05) is 12.1 Å². The van der Waals surface area contributed by atoms with Gasteiger partial charge < -0.3 is 24.8 Å². The second-order valence-electron chi connectivity index (χ2n) is 7.76. The summed E-state index contributed by atoms with van der Waals surface area (Å²) in [5, 5.41) is 2.83. The number of para-hydroxylation sites is 1. The molecular formula is C22H24F3N5O3. The number of hydrogen-bond acceptors (Lipinski definition) is 5. The standard InChI is InChI=1S/C22H24F3N5O3/c23-22(24,25)16-5-6-19(26-15-16)28-7-9-30(10-8-28)21(32)27-18-4-2-1-3-17(18)20(31)29-11-13-33-14-12-29/h1-6,15H,7-14H2,(H,27,32). The number of piperazine rings is 1. The molecule has 8 nitrogen and oxygen atoms in total. The number of carbonyl (C=O) groups is 2. The molecule has 176 valence electrons. The van der Waals surface area contributed by atoms with Gasteiger partial charge in [0.05, 0.1) is 30.0 Å². The smallest absolute Gasteiger partial charge is 0.378 e. The molecule has 2 aromatic rings. The number of aromatic nitrogens is 1. The summed E-state index contributed by atoms with van der Waals surface area (Å²) in [6.07, 6.45) is -3.61. The Morgan fingerprint density at radius 3 is 2.24 bits per heavy atom. The van der Waals surface area contributed by atoms with E-state index in [4.69, 9.17) is 4.74 Å². The number of urea groups is 1. The molecule has 0 radical (unpaired) electrons. The van der Waals surface area contributed by atoms with Crippen LogP contribution in [0.1, 0.15) is 15.9 Å². The lowest BCUT2D eigenvalue weighted by Crippen LogP contribution is -2.50. The van der Waals surface area contributed by atoms with E-state index in [1.54, 1.807) is 34.1 Å². The van der Waals surface area contributed by atoms with Crippen LogP contribution in [0.15, 0.2) is 42.6 Å². The van der Waals surface area contributed by atoms with Crippen LogP contribution >= 0.6 is 0 Å². The van der Waals surface area contributed by atoms with Gasteiger partial charge in [-0.2, -0.15) is 13.2 Å². The molecule has 2 fully saturated rings. The maximum absolute atomic E-state index is 12.9. The van der Waals surface area contributed by atoms with Gasteiger partial charge in [0, 0.05) is 45.5 Å². The number of amides is 3. The monoisotopic (exact) mass is 463 g/mol. The van der Waals surface area contributed by atoms with Crippen LogP contribution in [0.5, 0.6) is 0 Å². The van der Waals surface area contributed by atoms with E-state index >= 15 is 0 Å². The Labute approximate surface area is 188 Å². The van der Waals surface area contributed by atoms with Crippen LogP contribution in [0.3, 0.4) is 0 Å². The van der Waals surface area contributed by atoms with Crippen molar-refractivity contribution in [3.05, 3.63) is 53.7 Å². The van der Waals surface area contributed by atoms with Gasteiger partial charge >= 0.3 is 12.2 Å². The summed E-state index contributed by atoms with van der Waals surface area (Å²) in [4.78, 5) is 34.8. The third kappa shape index (κ3) is 5.36. The van der Waals surface area contributed by atoms with Crippen molar-refractivity contribution in [2.75, 3.05) is 62.7 Å². The summed E-state index contributed by atoms with van der Waals surface area (Å²) in [5.41, 5.74) is 0.0562. The number of nitrogens with zero attached hydrogens (tertiary/aromatic N) is 4. The highest BCUT2D eigenvalue weighted by molar-refractivity contribution is 6.03. The van der Waals surface area contributed by atoms with Gasteiger partial charge in [-0.3, -0.25) is 4.79 Å². The fourth-order valence-electron chi connectivity index (χ4n) is 3.79. The van der Waals surface area contributed by atoms with E-state index in [-0.39, 0.29) is 11.9 Å². The maximum atomic E-state index is 12.9. The molecule has 1 aromatic carbocycles. The van der Waals surface area contributed by atoms with E-state index in [1.165, 1.54) is 6.07 Å². The highest BCUT2D eigenvalue weighted by Crippen LogP contribution is 2.29. The van der Waals surface area contributed by atoms with Crippen LogP contribution in [0.2, 0.25) is 0 Å². The maximum Gasteiger partial charge on any atom is 0.417 e. The number of ether oxygens (including phenoxy) is 1. The summed E-state index contributed by atoms with van der Waals surface area (Å²) in [7, 11) is 0. The van der Waals surface area contributed by atoms with E-state index in [9.17, 15) is 22.8 Å². The fourth-order valence-corrected chi connectivity index (χ4v) is 3.79. The molecule has 2 aliphatic rings. The third-order valence-electron chi connectivity index (χ3n) is 5.66. The summed E-state index contributed by atoms with van der Waals surface area (Å²) < 4.78 is 43.5. The Balaban J connectivity index is 1.36. The van der Waals surface area contributed by atoms with Gasteiger partial charge in [0.25, 0.3) is 5.91 Å². The molecule has 0 atom stereocenters. The molecule has 4 rings (SSSR count). The summed E-state index contributed by atoms with van der Waals surface area (Å²) in [6, 6.07) is 8.88. The summed E-state index contributed by atoms with van der Waals surface area (Å²) >= 11 is 0. The Morgan fingerprint density at radius 2 is 1.61 bits per heavy atom. The van der Waals surface area contributed by atoms with Crippen molar-refractivity contribution in [2.45, 2.75) is 6.18 Å². The number of halogens is 3. The molecule has 1 aromatic heterocycles. The Bertz CT molecular complexity index is 986. The first-order valence-corrected chi connectivity index (χ1v) is 10.6. The second kappa shape index (κ2) is 9.65. The van der Waals surface area contributed by atoms with Crippen LogP contribution in [-0.4, -0.2) is 79.2 Å². The third-order valence-corrected chi connectivity index (χ3v) is 5.66. The molecule has 0 bridgehead atoms. The normalized spacial score (nSPS) is 17.1. The molecule has 2 aliphatic heterocycles. The number of hydrogen-bond donors (Lipinski definition) is 1. The number of carbonyl (C=O) groups excluding carboxylic acids is 2. The van der Waals surface area contributed by atoms with Crippen molar-refractivity contribution < 1.29 is 27.5 Å². The van der Waals surface area contributed by atoms with Gasteiger partial charge in [0.15, 0.2) is 0 Å². The predicted octanol–water partition coefficient (Wildman–Crippen LogP) is 2.93. The molecule has 33 heavy (non-hydrogen) atoms. The Kier molecular flexibility index (Phi) is 6.68. The van der Waals surface area contributed by atoms with Crippen molar-refractivity contribution in [1.82, 2.24) is 14.8 Å². The molecular weight excluding hydrogens is 439 g/mol. The van der Waals surface area contributed by atoms with Gasteiger partial charge in [0.1, 0.15) is 5.82 Å². The first-order valence-electron chi connectivity index (χ1n) is 10.6. The minimum absolute atomic E-state index is 0.160. The van der Waals surface area contributed by atoms with Gasteiger partial charge in [-0.05, 0) is 24.3 Å². The SMILES string of the molecule is O=C(Nc1ccccc1C(=O)N1CCOCC1)N1CCN(c2ccc(C(F)(F)F)cn2)CC1. The van der Waals surface area contributed by atoms with Crippen molar-refractivity contribution in [3.8, 4) is 0 Å². The zero-order valence-electron chi connectivity index (χ0n) is 17.8. The average Bonchev–Trinajstić information content (AvgIpc) is 2.84. The van der Waals surface area contributed by atoms with E-state index < -0.39 is 11.7 Å². The lowest BCUT2D eigenvalue weighted by molar-refractivity contribution is -0.137. The van der Waals surface area contributed by atoms with E-state index in [1.807, 2.05) is 4.90 Å². The van der Waals surface area contributed by atoms with Gasteiger partial charge in [0.2, 0.25) is 0 Å². The molecule has 0 spiro atoms. The topological polar surface area (TPSA) is 78.0 Å². The number of benzene rings is 1. The lowest BCUT2D eigenvalue weighted by Gasteiger charge is -2.35. The van der Waals surface area contributed by atoms with Crippen molar-refractivity contribution >= 4 is 23.4 Å². The van der Waals surface area contributed by atoms with Crippen molar-refractivity contribution in [3.63, 3.8) is 0 Å². The van der Waals surface area contributed by atoms with Crippen LogP contribution in [0, 0.1) is 0 Å². The number of nitrogens with one attached hydrogen (secondary N) is 1. The number of pyridine rings is 1. The van der Waals surface area contributed by atoms with Gasteiger partial charge in [-0.15, -0.1) is 0 Å². The summed E-state index contributed by atoms with van der Waals surface area (Å²) in [6.45, 7) is 3.57. The molecule has 3 amide bonds. The predicted molar refractivity (Wildman–Crippen MR) is 115 cm³/mol. The van der Waals surface area contributed by atoms with Crippen LogP contribution in [-0.2, 0) is 10.9 Å². The molecule has 0 aliphatic carbocycles. The largest absolute Gasteiger partial charge is 0.417 e. The minimum atomic E-state index is -4.43. The van der Waals surface area contributed by atoms with E-state index in [2.05, 4.69) is 10.3 Å². The first kappa shape index (κ1) is 22.8. The molecule has 2 saturated heterocycles.